The largest absolute Gasteiger partial charge is 0.423 e. The molecule has 0 atom stereocenters. The molecular weight excluding hydrogens is 536 g/mol. The van der Waals surface area contributed by atoms with Crippen LogP contribution in [0.5, 0.6) is 11.5 Å². The molecular formula is C34H30O6S. The first kappa shape index (κ1) is 29.2. The molecule has 0 fully saturated rings. The second kappa shape index (κ2) is 13.5. The lowest BCUT2D eigenvalue weighted by molar-refractivity contribution is 0.0725. The highest BCUT2D eigenvalue weighted by molar-refractivity contribution is 7.91. The minimum absolute atomic E-state index is 0.103. The monoisotopic (exact) mass is 566 g/mol. The highest BCUT2D eigenvalue weighted by atomic mass is 32.2. The van der Waals surface area contributed by atoms with Crippen molar-refractivity contribution in [1.82, 2.24) is 0 Å². The van der Waals surface area contributed by atoms with E-state index in [9.17, 15) is 18.0 Å². The smallest absolute Gasteiger partial charge is 0.343 e. The Kier molecular flexibility index (Phi) is 9.66. The maximum Gasteiger partial charge on any atom is 0.343 e. The molecule has 0 heterocycles. The van der Waals surface area contributed by atoms with E-state index in [1.807, 2.05) is 38.2 Å². The SMILES string of the molecule is CC=CCc1cc(OC(=O)c2ccccc2)ccc1S(=O)(=O)c1ccc(OC(=O)c2ccccc2)cc1CC=CC. The molecule has 0 radical (unpaired) electrons. The van der Waals surface area contributed by atoms with Gasteiger partial charge in [0.25, 0.3) is 0 Å². The molecule has 4 aromatic rings. The van der Waals surface area contributed by atoms with Gasteiger partial charge in [0.2, 0.25) is 9.84 Å². The number of hydrogen-bond acceptors (Lipinski definition) is 6. The van der Waals surface area contributed by atoms with Gasteiger partial charge in [-0.3, -0.25) is 0 Å². The molecule has 4 rings (SSSR count). The van der Waals surface area contributed by atoms with Gasteiger partial charge in [0, 0.05) is 0 Å². The van der Waals surface area contributed by atoms with Crippen LogP contribution in [0.3, 0.4) is 0 Å². The van der Waals surface area contributed by atoms with Crippen molar-refractivity contribution in [1.29, 1.82) is 0 Å². The first-order valence-electron chi connectivity index (χ1n) is 13.1. The Hall–Kier alpha value is -4.75. The summed E-state index contributed by atoms with van der Waals surface area (Å²) < 4.78 is 39.2. The summed E-state index contributed by atoms with van der Waals surface area (Å²) in [5, 5.41) is 0. The van der Waals surface area contributed by atoms with Crippen LogP contribution in [-0.2, 0) is 22.7 Å². The molecule has 6 nitrogen and oxygen atoms in total. The van der Waals surface area contributed by atoms with Crippen molar-refractivity contribution in [3.8, 4) is 11.5 Å². The molecule has 0 aromatic heterocycles. The van der Waals surface area contributed by atoms with E-state index >= 15 is 0 Å². The van der Waals surface area contributed by atoms with Crippen molar-refractivity contribution in [2.45, 2.75) is 36.5 Å². The van der Waals surface area contributed by atoms with Crippen molar-refractivity contribution >= 4 is 21.8 Å². The lowest BCUT2D eigenvalue weighted by atomic mass is 10.1. The summed E-state index contributed by atoms with van der Waals surface area (Å²) in [6, 6.07) is 26.2. The Morgan fingerprint density at radius 3 is 1.37 bits per heavy atom. The second-order valence-electron chi connectivity index (χ2n) is 9.10. The number of allylic oxidation sites excluding steroid dienone is 4. The molecule has 7 heteroatoms. The Bertz CT molecular complexity index is 1570. The highest BCUT2D eigenvalue weighted by Gasteiger charge is 2.25. The molecule has 208 valence electrons. The Labute approximate surface area is 240 Å². The van der Waals surface area contributed by atoms with E-state index in [1.165, 1.54) is 24.3 Å². The lowest BCUT2D eigenvalue weighted by Crippen LogP contribution is -2.12. The van der Waals surface area contributed by atoms with Crippen molar-refractivity contribution in [2.75, 3.05) is 0 Å². The first-order chi connectivity index (χ1) is 19.8. The minimum atomic E-state index is -4.00. The maximum atomic E-state index is 14.0. The molecule has 0 aliphatic heterocycles. The summed E-state index contributed by atoms with van der Waals surface area (Å²) in [6.45, 7) is 3.69. The van der Waals surface area contributed by atoms with Crippen molar-refractivity contribution in [3.63, 3.8) is 0 Å². The Morgan fingerprint density at radius 1 is 0.610 bits per heavy atom. The number of ether oxygens (including phenoxy) is 2. The Morgan fingerprint density at radius 2 is 1.00 bits per heavy atom. The molecule has 4 aromatic carbocycles. The van der Waals surface area contributed by atoms with E-state index in [1.54, 1.807) is 72.8 Å². The lowest BCUT2D eigenvalue weighted by Gasteiger charge is -2.15. The summed E-state index contributed by atoms with van der Waals surface area (Å²) >= 11 is 0. The molecule has 0 N–H and O–H groups in total. The number of carbonyl (C=O) groups excluding carboxylic acids is 2. The average molecular weight is 567 g/mol. The number of carbonyl (C=O) groups is 2. The standard InChI is InChI=1S/C34H30O6S/c1-3-5-13-27-23-29(39-33(35)25-15-9-7-10-16-25)19-21-31(27)41(37,38)32-22-20-30(24-28(32)14-6-4-2)40-34(36)26-17-11-8-12-18-26/h3-12,15-24H,13-14H2,1-2H3. The van der Waals surface area contributed by atoms with Crippen LogP contribution in [0, 0.1) is 0 Å². The Balaban J connectivity index is 1.70. The van der Waals surface area contributed by atoms with Crippen molar-refractivity contribution < 1.29 is 27.5 Å². The number of esters is 2. The molecule has 0 unspecified atom stereocenters. The van der Waals surface area contributed by atoms with Gasteiger partial charge in [0.05, 0.1) is 20.9 Å². The van der Waals surface area contributed by atoms with Crippen LogP contribution < -0.4 is 9.47 Å². The third kappa shape index (κ3) is 7.26. The summed E-state index contributed by atoms with van der Waals surface area (Å²) in [5.41, 5.74) is 1.75. The van der Waals surface area contributed by atoms with Gasteiger partial charge in [-0.15, -0.1) is 0 Å². The first-order valence-corrected chi connectivity index (χ1v) is 14.6. The number of sulfone groups is 1. The molecule has 0 aliphatic rings. The molecule has 0 aliphatic carbocycles. The molecule has 0 bridgehead atoms. The number of benzene rings is 4. The van der Waals surface area contributed by atoms with Gasteiger partial charge >= 0.3 is 11.9 Å². The quantitative estimate of drug-likeness (QED) is 0.115. The molecule has 0 amide bonds. The third-order valence-corrected chi connectivity index (χ3v) is 8.18. The highest BCUT2D eigenvalue weighted by Crippen LogP contribution is 2.32. The maximum absolute atomic E-state index is 14.0. The van der Waals surface area contributed by atoms with Gasteiger partial charge in [-0.05, 0) is 98.5 Å². The van der Waals surface area contributed by atoms with Crippen LogP contribution in [0.15, 0.2) is 131 Å². The van der Waals surface area contributed by atoms with E-state index in [-0.39, 0.29) is 21.3 Å². The minimum Gasteiger partial charge on any atom is -0.423 e. The van der Waals surface area contributed by atoms with E-state index in [0.717, 1.165) is 0 Å². The second-order valence-corrected chi connectivity index (χ2v) is 11.0. The third-order valence-electron chi connectivity index (χ3n) is 6.23. The average Bonchev–Trinajstić information content (AvgIpc) is 2.99. The fourth-order valence-electron chi connectivity index (χ4n) is 4.17. The van der Waals surface area contributed by atoms with Gasteiger partial charge in [0.1, 0.15) is 11.5 Å². The summed E-state index contributed by atoms with van der Waals surface area (Å²) in [5.74, 6) is -0.579. The molecule has 0 saturated heterocycles. The van der Waals surface area contributed by atoms with E-state index in [2.05, 4.69) is 0 Å². The van der Waals surface area contributed by atoms with Crippen LogP contribution in [0.1, 0.15) is 45.7 Å². The predicted molar refractivity (Wildman–Crippen MR) is 158 cm³/mol. The van der Waals surface area contributed by atoms with Gasteiger partial charge in [-0.25, -0.2) is 18.0 Å². The van der Waals surface area contributed by atoms with Crippen LogP contribution in [0.25, 0.3) is 0 Å². The number of rotatable bonds is 10. The zero-order valence-electron chi connectivity index (χ0n) is 22.8. The van der Waals surface area contributed by atoms with E-state index in [0.29, 0.717) is 35.1 Å². The fraction of sp³-hybridized carbons (Fsp3) is 0.118. The topological polar surface area (TPSA) is 86.7 Å². The van der Waals surface area contributed by atoms with E-state index < -0.39 is 21.8 Å². The molecule has 41 heavy (non-hydrogen) atoms. The van der Waals surface area contributed by atoms with Crippen molar-refractivity contribution in [3.05, 3.63) is 144 Å². The van der Waals surface area contributed by atoms with Crippen LogP contribution in [0.4, 0.5) is 0 Å². The van der Waals surface area contributed by atoms with Crippen LogP contribution in [0.2, 0.25) is 0 Å². The predicted octanol–water partition coefficient (Wildman–Crippen LogP) is 7.20. The van der Waals surface area contributed by atoms with Crippen LogP contribution in [-0.4, -0.2) is 20.4 Å². The molecule has 0 saturated carbocycles. The summed E-state index contributed by atoms with van der Waals surface area (Å²) in [4.78, 5) is 25.4. The zero-order valence-corrected chi connectivity index (χ0v) is 23.6. The van der Waals surface area contributed by atoms with Gasteiger partial charge in [0.15, 0.2) is 0 Å². The zero-order chi connectivity index (χ0) is 29.2. The summed E-state index contributed by atoms with van der Waals surface area (Å²) in [7, 11) is -4.00. The van der Waals surface area contributed by atoms with Gasteiger partial charge in [-0.1, -0.05) is 60.7 Å². The van der Waals surface area contributed by atoms with Gasteiger partial charge in [-0.2, -0.15) is 0 Å². The van der Waals surface area contributed by atoms with Crippen molar-refractivity contribution in [2.24, 2.45) is 0 Å². The molecule has 0 spiro atoms. The summed E-state index contributed by atoms with van der Waals surface area (Å²) in [6.07, 6.45) is 7.96. The van der Waals surface area contributed by atoms with Gasteiger partial charge < -0.3 is 9.47 Å². The fourth-order valence-corrected chi connectivity index (χ4v) is 5.88. The van der Waals surface area contributed by atoms with Crippen LogP contribution >= 0.6 is 0 Å². The number of hydrogen-bond donors (Lipinski definition) is 0. The normalized spacial score (nSPS) is 11.6. The van der Waals surface area contributed by atoms with E-state index in [4.69, 9.17) is 9.47 Å².